The Morgan fingerprint density at radius 1 is 1.07 bits per heavy atom. The highest BCUT2D eigenvalue weighted by atomic mass is 35.5. The summed E-state index contributed by atoms with van der Waals surface area (Å²) in [6.45, 7) is 2.30. The van der Waals surface area contributed by atoms with E-state index in [2.05, 4.69) is 9.88 Å². The van der Waals surface area contributed by atoms with Crippen LogP contribution in [0.1, 0.15) is 5.69 Å². The van der Waals surface area contributed by atoms with Crippen molar-refractivity contribution in [2.24, 2.45) is 0 Å². The van der Waals surface area contributed by atoms with Crippen LogP contribution in [0.4, 0.5) is 0 Å². The van der Waals surface area contributed by atoms with Crippen molar-refractivity contribution >= 4 is 49.5 Å². The number of piperazine rings is 1. The summed E-state index contributed by atoms with van der Waals surface area (Å²) in [6, 6.07) is 5.85. The maximum Gasteiger partial charge on any atom is 0.258 e. The van der Waals surface area contributed by atoms with Crippen LogP contribution in [0, 0.1) is 0 Å². The summed E-state index contributed by atoms with van der Waals surface area (Å²) in [5.41, 5.74) is 0.579. The third-order valence-corrected chi connectivity index (χ3v) is 7.99. The molecule has 1 aliphatic rings. The molecule has 1 fully saturated rings. The van der Waals surface area contributed by atoms with Crippen LogP contribution in [0.3, 0.4) is 0 Å². The number of hydrogen-bond acceptors (Lipinski definition) is 6. The summed E-state index contributed by atoms with van der Waals surface area (Å²) in [5, 5.41) is 2.35. The van der Waals surface area contributed by atoms with Crippen LogP contribution in [0.25, 0.3) is 4.96 Å². The van der Waals surface area contributed by atoms with E-state index in [4.69, 9.17) is 23.2 Å². The van der Waals surface area contributed by atoms with Gasteiger partial charge >= 0.3 is 0 Å². The highest BCUT2D eigenvalue weighted by Crippen LogP contribution is 2.27. The molecule has 1 aliphatic heterocycles. The predicted octanol–water partition coefficient (Wildman–Crippen LogP) is 2.57. The van der Waals surface area contributed by atoms with E-state index in [1.807, 2.05) is 5.38 Å². The zero-order valence-electron chi connectivity index (χ0n) is 14.6. The first kappa shape index (κ1) is 19.8. The lowest BCUT2D eigenvalue weighted by Gasteiger charge is -2.33. The number of nitrogens with zero attached hydrogens (tertiary/aromatic N) is 4. The van der Waals surface area contributed by atoms with E-state index in [0.717, 1.165) is 0 Å². The van der Waals surface area contributed by atoms with Crippen molar-refractivity contribution in [3.8, 4) is 0 Å². The highest BCUT2D eigenvalue weighted by Gasteiger charge is 2.29. The van der Waals surface area contributed by atoms with Gasteiger partial charge in [-0.05, 0) is 18.2 Å². The fourth-order valence-electron chi connectivity index (χ4n) is 3.11. The summed E-state index contributed by atoms with van der Waals surface area (Å²) >= 11 is 13.2. The first-order valence-electron chi connectivity index (χ1n) is 8.48. The lowest BCUT2D eigenvalue weighted by Crippen LogP contribution is -2.48. The van der Waals surface area contributed by atoms with Gasteiger partial charge in [0.2, 0.25) is 10.0 Å². The van der Waals surface area contributed by atoms with Gasteiger partial charge in [0.25, 0.3) is 5.56 Å². The van der Waals surface area contributed by atoms with Crippen LogP contribution in [0.15, 0.2) is 45.5 Å². The molecule has 0 saturated carbocycles. The molecule has 1 aromatic carbocycles. The van der Waals surface area contributed by atoms with Gasteiger partial charge in [0, 0.05) is 50.4 Å². The highest BCUT2D eigenvalue weighted by molar-refractivity contribution is 7.89. The third kappa shape index (κ3) is 3.83. The van der Waals surface area contributed by atoms with Crippen LogP contribution < -0.4 is 5.56 Å². The van der Waals surface area contributed by atoms with E-state index in [1.54, 1.807) is 6.20 Å². The van der Waals surface area contributed by atoms with Gasteiger partial charge in [-0.1, -0.05) is 23.2 Å². The van der Waals surface area contributed by atoms with Crippen molar-refractivity contribution in [1.82, 2.24) is 18.6 Å². The molecule has 0 unspecified atom stereocenters. The van der Waals surface area contributed by atoms with Gasteiger partial charge < -0.3 is 0 Å². The number of hydrogen-bond donors (Lipinski definition) is 0. The van der Waals surface area contributed by atoms with Crippen molar-refractivity contribution in [2.45, 2.75) is 11.4 Å². The molecule has 0 atom stereocenters. The van der Waals surface area contributed by atoms with Crippen molar-refractivity contribution in [3.63, 3.8) is 0 Å². The molecule has 1 saturated heterocycles. The SMILES string of the molecule is O=c1cc(CN2CCN(S(=O)(=O)c3ccc(Cl)c(Cl)c3)CC2)nc2sccn12. The molecule has 3 aromatic rings. The smallest absolute Gasteiger partial charge is 0.258 e. The molecule has 148 valence electrons. The molecule has 11 heteroatoms. The fourth-order valence-corrected chi connectivity index (χ4v) is 5.66. The summed E-state index contributed by atoms with van der Waals surface area (Å²) in [4.78, 5) is 19.5. The van der Waals surface area contributed by atoms with Crippen LogP contribution in [0.5, 0.6) is 0 Å². The monoisotopic (exact) mass is 458 g/mol. The first-order valence-corrected chi connectivity index (χ1v) is 11.6. The Morgan fingerprint density at radius 2 is 1.82 bits per heavy atom. The van der Waals surface area contributed by atoms with E-state index >= 15 is 0 Å². The summed E-state index contributed by atoms with van der Waals surface area (Å²) in [5.74, 6) is 0. The van der Waals surface area contributed by atoms with Gasteiger partial charge in [-0.15, -0.1) is 11.3 Å². The topological polar surface area (TPSA) is 75.0 Å². The van der Waals surface area contributed by atoms with Crippen LogP contribution >= 0.6 is 34.5 Å². The van der Waals surface area contributed by atoms with Gasteiger partial charge in [-0.2, -0.15) is 4.31 Å². The second-order valence-corrected chi connectivity index (χ2v) is 10.0. The number of fused-ring (bicyclic) bond motifs is 1. The van der Waals surface area contributed by atoms with Crippen LogP contribution in [0.2, 0.25) is 10.0 Å². The quantitative estimate of drug-likeness (QED) is 0.600. The second-order valence-electron chi connectivity index (χ2n) is 6.40. The normalized spacial score (nSPS) is 16.6. The van der Waals surface area contributed by atoms with E-state index in [1.165, 1.54) is 44.3 Å². The maximum absolute atomic E-state index is 12.8. The minimum absolute atomic E-state index is 0.109. The molecular weight excluding hydrogens is 443 g/mol. The van der Waals surface area contributed by atoms with Crippen LogP contribution in [-0.2, 0) is 16.6 Å². The fraction of sp³-hybridized carbons (Fsp3) is 0.294. The van der Waals surface area contributed by atoms with E-state index in [-0.39, 0.29) is 15.5 Å². The Morgan fingerprint density at radius 3 is 2.54 bits per heavy atom. The number of rotatable bonds is 4. The summed E-state index contributed by atoms with van der Waals surface area (Å²) in [7, 11) is -3.63. The van der Waals surface area contributed by atoms with Gasteiger partial charge in [0.15, 0.2) is 4.96 Å². The summed E-state index contributed by atoms with van der Waals surface area (Å²) in [6.07, 6.45) is 1.70. The third-order valence-electron chi connectivity index (χ3n) is 4.60. The minimum atomic E-state index is -3.63. The number of thiazole rings is 1. The van der Waals surface area contributed by atoms with Crippen LogP contribution in [-0.4, -0.2) is 53.2 Å². The standard InChI is InChI=1S/C17H16Cl2N4O3S2/c18-14-2-1-13(10-15(14)19)28(25,26)22-5-3-21(4-6-22)11-12-9-16(24)23-7-8-27-17(23)20-12/h1-2,7-10H,3-6,11H2. The molecule has 0 spiro atoms. The number of benzene rings is 1. The van der Waals surface area contributed by atoms with Crippen molar-refractivity contribution in [2.75, 3.05) is 26.2 Å². The van der Waals surface area contributed by atoms with Crippen molar-refractivity contribution in [1.29, 1.82) is 0 Å². The molecule has 3 heterocycles. The minimum Gasteiger partial charge on any atom is -0.295 e. The van der Waals surface area contributed by atoms with Gasteiger partial charge in [0.1, 0.15) is 0 Å². The van der Waals surface area contributed by atoms with E-state index < -0.39 is 10.0 Å². The Hall–Kier alpha value is -1.49. The molecule has 7 nitrogen and oxygen atoms in total. The van der Waals surface area contributed by atoms with Gasteiger partial charge in [-0.3, -0.25) is 14.1 Å². The molecule has 28 heavy (non-hydrogen) atoms. The average molecular weight is 459 g/mol. The Balaban J connectivity index is 1.45. The molecule has 0 radical (unpaired) electrons. The number of sulfonamides is 1. The summed E-state index contributed by atoms with van der Waals surface area (Å²) < 4.78 is 28.6. The molecule has 0 aliphatic carbocycles. The lowest BCUT2D eigenvalue weighted by molar-refractivity contribution is 0.180. The molecule has 0 amide bonds. The largest absolute Gasteiger partial charge is 0.295 e. The lowest BCUT2D eigenvalue weighted by atomic mass is 10.3. The molecule has 2 aromatic heterocycles. The van der Waals surface area contributed by atoms with E-state index in [9.17, 15) is 13.2 Å². The molecule has 0 N–H and O–H groups in total. The van der Waals surface area contributed by atoms with Crippen molar-refractivity contribution < 1.29 is 8.42 Å². The van der Waals surface area contributed by atoms with Crippen molar-refractivity contribution in [3.05, 3.63) is 61.9 Å². The zero-order chi connectivity index (χ0) is 19.9. The Kier molecular flexibility index (Phi) is 5.47. The zero-order valence-corrected chi connectivity index (χ0v) is 17.7. The predicted molar refractivity (Wildman–Crippen MR) is 110 cm³/mol. The molecule has 0 bridgehead atoms. The van der Waals surface area contributed by atoms with Gasteiger partial charge in [0.05, 0.1) is 20.6 Å². The molecular formula is C17H16Cl2N4O3S2. The Labute approximate surface area is 175 Å². The Bertz CT molecular complexity index is 1180. The first-order chi connectivity index (χ1) is 13.3. The van der Waals surface area contributed by atoms with Gasteiger partial charge in [-0.25, -0.2) is 13.4 Å². The van der Waals surface area contributed by atoms with E-state index in [0.29, 0.717) is 48.4 Å². The average Bonchev–Trinajstić information content (AvgIpc) is 3.13. The molecule has 4 rings (SSSR count). The second kappa shape index (κ2) is 7.74. The number of halogens is 2. The maximum atomic E-state index is 12.8. The number of aromatic nitrogens is 2.